The van der Waals surface area contributed by atoms with Gasteiger partial charge in [0.05, 0.1) is 16.7 Å². The molecule has 2 aromatic heterocycles. The van der Waals surface area contributed by atoms with Crippen molar-refractivity contribution in [2.45, 2.75) is 18.9 Å². The Hall–Kier alpha value is -3.47. The summed E-state index contributed by atoms with van der Waals surface area (Å²) in [6.07, 6.45) is -8.70. The maximum absolute atomic E-state index is 13.5. The SMILES string of the molecule is CN(Cc1cc(C(F)(F)F)cc(C(F)(F)F)c1)C(=O)c1cnc2sccc2c1-c1ccc(F)cc1. The Morgan fingerprint density at radius 3 is 2.11 bits per heavy atom. The van der Waals surface area contributed by atoms with Crippen LogP contribution in [0.2, 0.25) is 0 Å². The number of hydrogen-bond donors (Lipinski definition) is 0. The molecule has 0 fully saturated rings. The van der Waals surface area contributed by atoms with Crippen molar-refractivity contribution in [1.82, 2.24) is 9.88 Å². The standard InChI is InChI=1S/C24H15F7N2OS/c1-33(12-13-8-15(23(26,27)28)10-16(9-13)24(29,30)31)22(34)19-11-32-21-18(6-7-35-21)20(19)14-2-4-17(25)5-3-14/h2-11H,12H2,1H3. The van der Waals surface area contributed by atoms with Crippen molar-refractivity contribution in [2.75, 3.05) is 7.05 Å². The van der Waals surface area contributed by atoms with Gasteiger partial charge in [-0.25, -0.2) is 9.37 Å². The highest BCUT2D eigenvalue weighted by Crippen LogP contribution is 2.37. The summed E-state index contributed by atoms with van der Waals surface area (Å²) in [5.41, 5.74) is -2.24. The van der Waals surface area contributed by atoms with Crippen LogP contribution in [-0.4, -0.2) is 22.8 Å². The molecule has 4 rings (SSSR count). The highest BCUT2D eigenvalue weighted by Gasteiger charge is 2.37. The van der Waals surface area contributed by atoms with Crippen LogP contribution >= 0.6 is 11.3 Å². The lowest BCUT2D eigenvalue weighted by molar-refractivity contribution is -0.143. The number of hydrogen-bond acceptors (Lipinski definition) is 3. The number of rotatable bonds is 4. The molecule has 11 heteroatoms. The Kier molecular flexibility index (Phi) is 6.31. The summed E-state index contributed by atoms with van der Waals surface area (Å²) in [7, 11) is 1.27. The lowest BCUT2D eigenvalue weighted by Crippen LogP contribution is -2.27. The number of aromatic nitrogens is 1. The first-order chi connectivity index (χ1) is 16.3. The lowest BCUT2D eigenvalue weighted by atomic mass is 9.97. The molecule has 0 N–H and O–H groups in total. The van der Waals surface area contributed by atoms with Gasteiger partial charge in [-0.1, -0.05) is 12.1 Å². The average molecular weight is 512 g/mol. The third kappa shape index (κ3) is 5.14. The van der Waals surface area contributed by atoms with E-state index in [4.69, 9.17) is 0 Å². The number of carbonyl (C=O) groups excluding carboxylic acids is 1. The molecule has 1 amide bonds. The molecular formula is C24H15F7N2OS. The Morgan fingerprint density at radius 2 is 1.54 bits per heavy atom. The fraction of sp³-hybridized carbons (Fsp3) is 0.167. The molecule has 2 aromatic carbocycles. The van der Waals surface area contributed by atoms with E-state index in [1.165, 1.54) is 48.8 Å². The Balaban J connectivity index is 1.74. The summed E-state index contributed by atoms with van der Waals surface area (Å²) in [6.45, 7) is -0.517. The molecule has 182 valence electrons. The Bertz CT molecular complexity index is 1360. The van der Waals surface area contributed by atoms with Gasteiger partial charge in [0.25, 0.3) is 5.91 Å². The second-order valence-corrected chi connectivity index (χ2v) is 8.66. The first kappa shape index (κ1) is 24.6. The van der Waals surface area contributed by atoms with E-state index in [1.54, 1.807) is 11.4 Å². The van der Waals surface area contributed by atoms with Crippen molar-refractivity contribution in [1.29, 1.82) is 0 Å². The van der Waals surface area contributed by atoms with Crippen molar-refractivity contribution < 1.29 is 35.5 Å². The van der Waals surface area contributed by atoms with Gasteiger partial charge < -0.3 is 4.90 Å². The summed E-state index contributed by atoms with van der Waals surface area (Å²) in [5, 5.41) is 2.36. The summed E-state index contributed by atoms with van der Waals surface area (Å²) < 4.78 is 92.7. The van der Waals surface area contributed by atoms with Crippen LogP contribution in [-0.2, 0) is 18.9 Å². The summed E-state index contributed by atoms with van der Waals surface area (Å²) >= 11 is 1.32. The number of nitrogens with zero attached hydrogens (tertiary/aromatic N) is 2. The molecule has 0 spiro atoms. The zero-order chi connectivity index (χ0) is 25.5. The summed E-state index contributed by atoms with van der Waals surface area (Å²) in [6, 6.07) is 8.31. The molecule has 4 aromatic rings. The molecule has 0 aliphatic heterocycles. The zero-order valence-corrected chi connectivity index (χ0v) is 18.7. The summed E-state index contributed by atoms with van der Waals surface area (Å²) in [5.74, 6) is -1.16. The van der Waals surface area contributed by atoms with Crippen LogP contribution in [0.15, 0.2) is 60.1 Å². The van der Waals surface area contributed by atoms with Gasteiger partial charge >= 0.3 is 12.4 Å². The molecular weight excluding hydrogens is 497 g/mol. The molecule has 0 atom stereocenters. The first-order valence-corrected chi connectivity index (χ1v) is 10.9. The van der Waals surface area contributed by atoms with Crippen molar-refractivity contribution in [3.63, 3.8) is 0 Å². The number of amides is 1. The smallest absolute Gasteiger partial charge is 0.337 e. The van der Waals surface area contributed by atoms with Gasteiger partial charge in [0.2, 0.25) is 0 Å². The van der Waals surface area contributed by atoms with Crippen LogP contribution in [0.4, 0.5) is 30.7 Å². The molecule has 0 saturated heterocycles. The van der Waals surface area contributed by atoms with E-state index in [0.717, 1.165) is 4.90 Å². The van der Waals surface area contributed by atoms with E-state index in [2.05, 4.69) is 4.98 Å². The molecule has 0 aliphatic rings. The van der Waals surface area contributed by atoms with E-state index in [-0.39, 0.29) is 17.2 Å². The number of thiophene rings is 1. The van der Waals surface area contributed by atoms with Crippen LogP contribution in [0.5, 0.6) is 0 Å². The van der Waals surface area contributed by atoms with Gasteiger partial charge in [-0.15, -0.1) is 11.3 Å². The molecule has 0 saturated carbocycles. The van der Waals surface area contributed by atoms with Crippen LogP contribution in [0.1, 0.15) is 27.0 Å². The average Bonchev–Trinajstić information content (AvgIpc) is 3.26. The third-order valence-corrected chi connectivity index (χ3v) is 6.09. The summed E-state index contributed by atoms with van der Waals surface area (Å²) in [4.78, 5) is 19.2. The number of fused-ring (bicyclic) bond motifs is 1. The predicted octanol–water partition coefficient (Wildman–Crippen LogP) is 7.41. The van der Waals surface area contributed by atoms with Gasteiger partial charge in [-0.05, 0) is 52.9 Å². The topological polar surface area (TPSA) is 33.2 Å². The molecule has 0 bridgehead atoms. The molecule has 2 heterocycles. The van der Waals surface area contributed by atoms with Gasteiger partial charge in [0, 0.05) is 30.7 Å². The minimum Gasteiger partial charge on any atom is -0.337 e. The molecule has 0 unspecified atom stereocenters. The fourth-order valence-corrected chi connectivity index (χ4v) is 4.42. The fourth-order valence-electron chi connectivity index (χ4n) is 3.68. The molecule has 0 radical (unpaired) electrons. The van der Waals surface area contributed by atoms with E-state index in [0.29, 0.717) is 33.5 Å². The Labute approximate surface area is 198 Å². The highest BCUT2D eigenvalue weighted by molar-refractivity contribution is 7.16. The molecule has 35 heavy (non-hydrogen) atoms. The number of alkyl halides is 6. The van der Waals surface area contributed by atoms with Crippen molar-refractivity contribution >= 4 is 27.5 Å². The van der Waals surface area contributed by atoms with Gasteiger partial charge in [0.15, 0.2) is 0 Å². The minimum atomic E-state index is -5.00. The number of benzene rings is 2. The largest absolute Gasteiger partial charge is 0.416 e. The number of pyridine rings is 1. The second kappa shape index (κ2) is 8.95. The normalized spacial score (nSPS) is 12.2. The van der Waals surface area contributed by atoms with Crippen molar-refractivity contribution in [2.24, 2.45) is 0 Å². The Morgan fingerprint density at radius 1 is 0.943 bits per heavy atom. The van der Waals surface area contributed by atoms with Crippen LogP contribution in [0.3, 0.4) is 0 Å². The number of halogens is 7. The van der Waals surface area contributed by atoms with Gasteiger partial charge in [0.1, 0.15) is 10.6 Å². The van der Waals surface area contributed by atoms with Crippen LogP contribution in [0, 0.1) is 5.82 Å². The third-order valence-electron chi connectivity index (χ3n) is 5.27. The monoisotopic (exact) mass is 512 g/mol. The molecule has 3 nitrogen and oxygen atoms in total. The van der Waals surface area contributed by atoms with E-state index >= 15 is 0 Å². The quantitative estimate of drug-likeness (QED) is 0.267. The van der Waals surface area contributed by atoms with Crippen LogP contribution < -0.4 is 0 Å². The first-order valence-electron chi connectivity index (χ1n) is 10.0. The van der Waals surface area contributed by atoms with Gasteiger partial charge in [-0.3, -0.25) is 4.79 Å². The second-order valence-electron chi connectivity index (χ2n) is 7.77. The van der Waals surface area contributed by atoms with E-state index in [9.17, 15) is 35.5 Å². The predicted molar refractivity (Wildman–Crippen MR) is 117 cm³/mol. The van der Waals surface area contributed by atoms with Crippen LogP contribution in [0.25, 0.3) is 21.3 Å². The zero-order valence-electron chi connectivity index (χ0n) is 17.8. The van der Waals surface area contributed by atoms with Crippen molar-refractivity contribution in [3.05, 3.63) is 88.2 Å². The highest BCUT2D eigenvalue weighted by atomic mass is 32.1. The van der Waals surface area contributed by atoms with E-state index < -0.39 is 41.7 Å². The minimum absolute atomic E-state index is 0.0341. The molecule has 0 aliphatic carbocycles. The van der Waals surface area contributed by atoms with Crippen molar-refractivity contribution in [3.8, 4) is 11.1 Å². The maximum atomic E-state index is 13.5. The lowest BCUT2D eigenvalue weighted by Gasteiger charge is -2.21. The van der Waals surface area contributed by atoms with Gasteiger partial charge in [-0.2, -0.15) is 26.3 Å². The maximum Gasteiger partial charge on any atom is 0.416 e. The van der Waals surface area contributed by atoms with E-state index in [1.807, 2.05) is 0 Å². The number of carbonyl (C=O) groups is 1.